The maximum absolute atomic E-state index is 5.36. The smallest absolute Gasteiger partial charge is 0.0468 e. The van der Waals surface area contributed by atoms with Crippen LogP contribution in [0, 0.1) is 11.8 Å². The van der Waals surface area contributed by atoms with Crippen LogP contribution in [0.3, 0.4) is 0 Å². The molecular weight excluding hydrogens is 174 g/mol. The number of hydrogen-bond acceptors (Lipinski definition) is 2. The minimum atomic E-state index is 0.974. The second-order valence-electron chi connectivity index (χ2n) is 4.06. The topological polar surface area (TPSA) is 12.5 Å². The number of likely N-dealkylation sites (tertiary alicyclic amines) is 1. The predicted molar refractivity (Wildman–Crippen MR) is 60.5 cm³/mol. The summed E-state index contributed by atoms with van der Waals surface area (Å²) in [6.07, 6.45) is 2.62. The second kappa shape index (κ2) is 6.41. The maximum Gasteiger partial charge on any atom is 0.0468 e. The van der Waals surface area contributed by atoms with Crippen molar-refractivity contribution in [3.8, 4) is 0 Å². The molecule has 0 aromatic heterocycles. The summed E-state index contributed by atoms with van der Waals surface area (Å²) >= 11 is 0. The minimum Gasteiger partial charge on any atom is -0.381 e. The Balaban J connectivity index is 0.000000461. The molecular formula is C12H25NO. The van der Waals surface area contributed by atoms with Gasteiger partial charge in [0.1, 0.15) is 0 Å². The molecule has 0 amide bonds. The average Bonchev–Trinajstić information content (AvgIpc) is 2.21. The molecule has 0 atom stereocenters. The minimum absolute atomic E-state index is 0.974. The number of rotatable bonds is 2. The van der Waals surface area contributed by atoms with Gasteiger partial charge in [-0.2, -0.15) is 0 Å². The van der Waals surface area contributed by atoms with E-state index in [4.69, 9.17) is 4.74 Å². The first-order chi connectivity index (χ1) is 6.90. The zero-order chi connectivity index (χ0) is 10.4. The Hall–Kier alpha value is -0.0800. The molecule has 2 nitrogen and oxygen atoms in total. The molecule has 0 aromatic rings. The first kappa shape index (κ1) is 12.0. The highest BCUT2D eigenvalue weighted by Gasteiger charge is 2.32. The molecule has 0 bridgehead atoms. The van der Waals surface area contributed by atoms with E-state index in [9.17, 15) is 0 Å². The molecule has 2 saturated heterocycles. The summed E-state index contributed by atoms with van der Waals surface area (Å²) in [7, 11) is 0. The van der Waals surface area contributed by atoms with Crippen LogP contribution in [0.5, 0.6) is 0 Å². The van der Waals surface area contributed by atoms with Gasteiger partial charge in [0.2, 0.25) is 0 Å². The second-order valence-corrected chi connectivity index (χ2v) is 4.06. The fourth-order valence-electron chi connectivity index (χ4n) is 2.35. The third-order valence-corrected chi connectivity index (χ3v) is 3.37. The highest BCUT2D eigenvalue weighted by molar-refractivity contribution is 4.85. The van der Waals surface area contributed by atoms with Gasteiger partial charge in [-0.1, -0.05) is 20.8 Å². The van der Waals surface area contributed by atoms with Crippen molar-refractivity contribution >= 4 is 0 Å². The Bertz CT molecular complexity index is 137. The SMILES string of the molecule is CC.CCN1CC(C2CCOCC2)C1. The molecule has 84 valence electrons. The summed E-state index contributed by atoms with van der Waals surface area (Å²) in [6.45, 7) is 12.2. The van der Waals surface area contributed by atoms with Crippen LogP contribution in [0.15, 0.2) is 0 Å². The molecule has 0 radical (unpaired) electrons. The molecule has 0 spiro atoms. The average molecular weight is 199 g/mol. The summed E-state index contributed by atoms with van der Waals surface area (Å²) in [5.41, 5.74) is 0. The Labute approximate surface area is 88.6 Å². The molecule has 2 aliphatic heterocycles. The molecule has 2 fully saturated rings. The van der Waals surface area contributed by atoms with E-state index in [1.165, 1.54) is 32.5 Å². The van der Waals surface area contributed by atoms with E-state index in [1.54, 1.807) is 0 Å². The summed E-state index contributed by atoms with van der Waals surface area (Å²) < 4.78 is 5.36. The number of nitrogens with zero attached hydrogens (tertiary/aromatic N) is 1. The Morgan fingerprint density at radius 3 is 2.14 bits per heavy atom. The Kier molecular flexibility index (Phi) is 5.49. The van der Waals surface area contributed by atoms with Crippen LogP contribution in [0.25, 0.3) is 0 Å². The van der Waals surface area contributed by atoms with E-state index in [1.807, 2.05) is 13.8 Å². The third-order valence-electron chi connectivity index (χ3n) is 3.37. The van der Waals surface area contributed by atoms with Gasteiger partial charge in [0.05, 0.1) is 0 Å². The van der Waals surface area contributed by atoms with Crippen molar-refractivity contribution in [2.45, 2.75) is 33.6 Å². The van der Waals surface area contributed by atoms with Gasteiger partial charge < -0.3 is 9.64 Å². The van der Waals surface area contributed by atoms with Crippen molar-refractivity contribution < 1.29 is 4.74 Å². The monoisotopic (exact) mass is 199 g/mol. The lowest BCUT2D eigenvalue weighted by Crippen LogP contribution is -2.50. The molecule has 0 saturated carbocycles. The molecule has 0 N–H and O–H groups in total. The molecule has 2 heteroatoms. The molecule has 14 heavy (non-hydrogen) atoms. The van der Waals surface area contributed by atoms with Crippen molar-refractivity contribution in [2.75, 3.05) is 32.8 Å². The van der Waals surface area contributed by atoms with E-state index in [-0.39, 0.29) is 0 Å². The van der Waals surface area contributed by atoms with Crippen molar-refractivity contribution in [2.24, 2.45) is 11.8 Å². The Morgan fingerprint density at radius 1 is 1.07 bits per heavy atom. The van der Waals surface area contributed by atoms with Crippen molar-refractivity contribution in [3.63, 3.8) is 0 Å². The molecule has 2 heterocycles. The summed E-state index contributed by atoms with van der Waals surface area (Å²) in [6, 6.07) is 0. The normalized spacial score (nSPS) is 25.1. The molecule has 2 aliphatic rings. The maximum atomic E-state index is 5.36. The highest BCUT2D eigenvalue weighted by atomic mass is 16.5. The van der Waals surface area contributed by atoms with Crippen LogP contribution in [0.2, 0.25) is 0 Å². The van der Waals surface area contributed by atoms with Crippen LogP contribution in [-0.4, -0.2) is 37.7 Å². The van der Waals surface area contributed by atoms with Crippen molar-refractivity contribution in [3.05, 3.63) is 0 Å². The van der Waals surface area contributed by atoms with Crippen LogP contribution in [-0.2, 0) is 4.74 Å². The molecule has 0 aromatic carbocycles. The Morgan fingerprint density at radius 2 is 1.64 bits per heavy atom. The first-order valence-electron chi connectivity index (χ1n) is 6.20. The van der Waals surface area contributed by atoms with Gasteiger partial charge in [0.25, 0.3) is 0 Å². The van der Waals surface area contributed by atoms with E-state index in [0.717, 1.165) is 25.0 Å². The van der Waals surface area contributed by atoms with Crippen LogP contribution >= 0.6 is 0 Å². The van der Waals surface area contributed by atoms with Crippen LogP contribution in [0.1, 0.15) is 33.6 Å². The first-order valence-corrected chi connectivity index (χ1v) is 6.20. The molecule has 0 unspecified atom stereocenters. The van der Waals surface area contributed by atoms with Crippen LogP contribution in [0.4, 0.5) is 0 Å². The summed E-state index contributed by atoms with van der Waals surface area (Å²) in [4.78, 5) is 2.53. The van der Waals surface area contributed by atoms with Crippen molar-refractivity contribution in [1.29, 1.82) is 0 Å². The summed E-state index contributed by atoms with van der Waals surface area (Å²) in [5.74, 6) is 1.97. The van der Waals surface area contributed by atoms with Gasteiger partial charge in [-0.05, 0) is 31.2 Å². The fourth-order valence-corrected chi connectivity index (χ4v) is 2.35. The lowest BCUT2D eigenvalue weighted by atomic mass is 9.81. The standard InChI is InChI=1S/C10H19NO.C2H6/c1-2-11-7-10(8-11)9-3-5-12-6-4-9;1-2/h9-10H,2-8H2,1H3;1-2H3. The van der Waals surface area contributed by atoms with Gasteiger partial charge in [-0.3, -0.25) is 0 Å². The quantitative estimate of drug-likeness (QED) is 0.677. The van der Waals surface area contributed by atoms with Gasteiger partial charge in [0, 0.05) is 26.3 Å². The largest absolute Gasteiger partial charge is 0.381 e. The highest BCUT2D eigenvalue weighted by Crippen LogP contribution is 2.30. The molecule has 0 aliphatic carbocycles. The van der Waals surface area contributed by atoms with Crippen molar-refractivity contribution in [1.82, 2.24) is 4.90 Å². The van der Waals surface area contributed by atoms with E-state index in [2.05, 4.69) is 11.8 Å². The lowest BCUT2D eigenvalue weighted by Gasteiger charge is -2.44. The van der Waals surface area contributed by atoms with E-state index in [0.29, 0.717) is 0 Å². The zero-order valence-electron chi connectivity index (χ0n) is 9.96. The van der Waals surface area contributed by atoms with E-state index < -0.39 is 0 Å². The number of hydrogen-bond donors (Lipinski definition) is 0. The van der Waals surface area contributed by atoms with Crippen LogP contribution < -0.4 is 0 Å². The fraction of sp³-hybridized carbons (Fsp3) is 1.00. The number of ether oxygens (including phenoxy) is 1. The van der Waals surface area contributed by atoms with Gasteiger partial charge in [-0.25, -0.2) is 0 Å². The van der Waals surface area contributed by atoms with E-state index >= 15 is 0 Å². The lowest BCUT2D eigenvalue weighted by molar-refractivity contribution is -0.00512. The third kappa shape index (κ3) is 2.96. The van der Waals surface area contributed by atoms with Gasteiger partial charge in [0.15, 0.2) is 0 Å². The predicted octanol–water partition coefficient (Wildman–Crippen LogP) is 2.39. The van der Waals surface area contributed by atoms with Gasteiger partial charge >= 0.3 is 0 Å². The molecule has 2 rings (SSSR count). The zero-order valence-corrected chi connectivity index (χ0v) is 9.96. The summed E-state index contributed by atoms with van der Waals surface area (Å²) in [5, 5.41) is 0. The van der Waals surface area contributed by atoms with Gasteiger partial charge in [-0.15, -0.1) is 0 Å².